The Kier molecular flexibility index (Phi) is 7.67. The van der Waals surface area contributed by atoms with Crippen molar-refractivity contribution in [3.8, 4) is 0 Å². The minimum absolute atomic E-state index is 0.0461. The zero-order valence-corrected chi connectivity index (χ0v) is 14.3. The third-order valence-corrected chi connectivity index (χ3v) is 5.67. The number of ether oxygens (including phenoxy) is 1. The normalized spacial score (nSPS) is 29.5. The molecule has 0 aromatic carbocycles. The predicted octanol–water partition coefficient (Wildman–Crippen LogP) is 2.81. The number of nitrogens with zero attached hydrogens (tertiary/aromatic N) is 1. The highest BCUT2D eigenvalue weighted by Gasteiger charge is 2.40. The number of rotatable bonds is 5. The highest BCUT2D eigenvalue weighted by atomic mass is 16.5. The van der Waals surface area contributed by atoms with Gasteiger partial charge in [0.2, 0.25) is 5.91 Å². The molecule has 0 aromatic rings. The molecule has 1 saturated heterocycles. The Hall–Kier alpha value is -0.610. The van der Waals surface area contributed by atoms with E-state index in [2.05, 4.69) is 4.90 Å². The van der Waals surface area contributed by atoms with Crippen molar-refractivity contribution in [2.45, 2.75) is 57.8 Å². The number of nitrogens with two attached hydrogens (primary N) is 1. The molecule has 0 bridgehead atoms. The van der Waals surface area contributed by atoms with E-state index in [1.54, 1.807) is 7.11 Å². The van der Waals surface area contributed by atoms with Crippen LogP contribution in [0.3, 0.4) is 0 Å². The van der Waals surface area contributed by atoms with Gasteiger partial charge in [-0.15, -0.1) is 0 Å². The first kappa shape index (κ1) is 17.7. The number of primary amides is 1. The summed E-state index contributed by atoms with van der Waals surface area (Å²) in [5.74, 6) is 1.10. The van der Waals surface area contributed by atoms with Crippen molar-refractivity contribution in [1.29, 1.82) is 0 Å². The molecule has 0 spiro atoms. The molecular formula is C18H34N2O2. The van der Waals surface area contributed by atoms with Gasteiger partial charge in [0, 0.05) is 26.7 Å². The zero-order chi connectivity index (χ0) is 15.8. The van der Waals surface area contributed by atoms with E-state index >= 15 is 0 Å². The third-order valence-electron chi connectivity index (χ3n) is 5.67. The molecule has 4 heteroatoms. The monoisotopic (exact) mass is 310 g/mol. The number of hydrogen-bond donors (Lipinski definition) is 1. The van der Waals surface area contributed by atoms with Gasteiger partial charge in [0.05, 0.1) is 12.5 Å². The van der Waals surface area contributed by atoms with Crippen molar-refractivity contribution >= 4 is 5.91 Å². The number of carbonyl (C=O) groups excluding carboxylic acids is 1. The average Bonchev–Trinajstić information content (AvgIpc) is 2.95. The lowest BCUT2D eigenvalue weighted by atomic mass is 9.77. The third kappa shape index (κ3) is 5.24. The Morgan fingerprint density at radius 3 is 2.18 bits per heavy atom. The fourth-order valence-electron chi connectivity index (χ4n) is 4.36. The van der Waals surface area contributed by atoms with Crippen LogP contribution in [0, 0.1) is 17.8 Å². The van der Waals surface area contributed by atoms with Gasteiger partial charge in [-0.3, -0.25) is 9.69 Å². The van der Waals surface area contributed by atoms with Crippen LogP contribution in [0.25, 0.3) is 0 Å². The Labute approximate surface area is 135 Å². The fourth-order valence-corrected chi connectivity index (χ4v) is 4.36. The average molecular weight is 310 g/mol. The highest BCUT2D eigenvalue weighted by Crippen LogP contribution is 2.36. The van der Waals surface area contributed by atoms with Gasteiger partial charge >= 0.3 is 0 Å². The number of carbonyl (C=O) groups is 1. The van der Waals surface area contributed by atoms with Crippen LogP contribution in [0.5, 0.6) is 0 Å². The maximum absolute atomic E-state index is 11.9. The summed E-state index contributed by atoms with van der Waals surface area (Å²) in [4.78, 5) is 14.3. The van der Waals surface area contributed by atoms with Crippen molar-refractivity contribution in [1.82, 2.24) is 4.90 Å². The molecule has 1 saturated carbocycles. The summed E-state index contributed by atoms with van der Waals surface area (Å²) < 4.78 is 5.19. The van der Waals surface area contributed by atoms with Crippen LogP contribution in [0.15, 0.2) is 0 Å². The highest BCUT2D eigenvalue weighted by molar-refractivity contribution is 5.77. The molecule has 2 atom stereocenters. The largest absolute Gasteiger partial charge is 0.383 e. The van der Waals surface area contributed by atoms with Gasteiger partial charge < -0.3 is 10.5 Å². The molecule has 4 nitrogen and oxygen atoms in total. The summed E-state index contributed by atoms with van der Waals surface area (Å²) in [6.45, 7) is 3.52. The van der Waals surface area contributed by atoms with Crippen LogP contribution in [-0.2, 0) is 9.53 Å². The van der Waals surface area contributed by atoms with E-state index in [0.717, 1.165) is 26.2 Å². The Balaban J connectivity index is 1.96. The molecule has 1 heterocycles. The second-order valence-corrected chi connectivity index (χ2v) is 7.24. The Morgan fingerprint density at radius 2 is 1.64 bits per heavy atom. The molecule has 0 aromatic heterocycles. The molecule has 1 aliphatic heterocycles. The summed E-state index contributed by atoms with van der Waals surface area (Å²) in [6, 6.07) is 0. The van der Waals surface area contributed by atoms with Crippen LogP contribution in [-0.4, -0.2) is 44.2 Å². The van der Waals surface area contributed by atoms with Crippen LogP contribution >= 0.6 is 0 Å². The molecule has 22 heavy (non-hydrogen) atoms. The topological polar surface area (TPSA) is 55.6 Å². The molecule has 1 unspecified atom stereocenters. The molecule has 2 N–H and O–H groups in total. The van der Waals surface area contributed by atoms with Gasteiger partial charge in [-0.2, -0.15) is 0 Å². The lowest BCUT2D eigenvalue weighted by Gasteiger charge is -2.27. The first-order valence-electron chi connectivity index (χ1n) is 9.23. The quantitative estimate of drug-likeness (QED) is 0.849. The fraction of sp³-hybridized carbons (Fsp3) is 0.944. The first-order chi connectivity index (χ1) is 10.7. The van der Waals surface area contributed by atoms with E-state index in [1.165, 1.54) is 57.8 Å². The maximum Gasteiger partial charge on any atom is 0.222 e. The number of hydrogen-bond acceptors (Lipinski definition) is 3. The van der Waals surface area contributed by atoms with Crippen molar-refractivity contribution in [2.24, 2.45) is 23.5 Å². The van der Waals surface area contributed by atoms with Crippen molar-refractivity contribution < 1.29 is 9.53 Å². The summed E-state index contributed by atoms with van der Waals surface area (Å²) in [6.07, 6.45) is 12.1. The van der Waals surface area contributed by atoms with E-state index in [-0.39, 0.29) is 11.8 Å². The Bertz CT molecular complexity index is 325. The molecule has 0 radical (unpaired) electrons. The standard InChI is InChI=1S/C18H34N2O2/c1-22-12-11-20-13-16(17(14-20)18(19)21)15-9-7-5-3-2-4-6-8-10-15/h15-17H,2-14H2,1H3,(H2,19,21)/t16?,17-/m0/s1. The van der Waals surface area contributed by atoms with E-state index in [9.17, 15) is 4.79 Å². The lowest BCUT2D eigenvalue weighted by Crippen LogP contribution is -2.33. The predicted molar refractivity (Wildman–Crippen MR) is 89.5 cm³/mol. The summed E-state index contributed by atoms with van der Waals surface area (Å²) in [7, 11) is 1.74. The second kappa shape index (κ2) is 9.51. The van der Waals surface area contributed by atoms with Gasteiger partial charge in [0.25, 0.3) is 0 Å². The molecule has 2 fully saturated rings. The van der Waals surface area contributed by atoms with Crippen molar-refractivity contribution in [3.63, 3.8) is 0 Å². The van der Waals surface area contributed by atoms with Gasteiger partial charge in [-0.25, -0.2) is 0 Å². The molecule has 128 valence electrons. The summed E-state index contributed by atoms with van der Waals surface area (Å²) >= 11 is 0. The van der Waals surface area contributed by atoms with Crippen LogP contribution in [0.1, 0.15) is 57.8 Å². The molecule has 2 rings (SSSR count). The van der Waals surface area contributed by atoms with Gasteiger partial charge in [-0.1, -0.05) is 57.8 Å². The summed E-state index contributed by atoms with van der Waals surface area (Å²) in [5.41, 5.74) is 5.71. The SMILES string of the molecule is COCCN1CC(C2CCCCCCCCC2)[C@@H](C(N)=O)C1. The number of amides is 1. The van der Waals surface area contributed by atoms with E-state index in [4.69, 9.17) is 10.5 Å². The van der Waals surface area contributed by atoms with Gasteiger partial charge in [-0.05, 0) is 11.8 Å². The van der Waals surface area contributed by atoms with Crippen LogP contribution < -0.4 is 5.73 Å². The lowest BCUT2D eigenvalue weighted by molar-refractivity contribution is -0.123. The molecular weight excluding hydrogens is 276 g/mol. The number of methoxy groups -OCH3 is 1. The van der Waals surface area contributed by atoms with Crippen molar-refractivity contribution in [3.05, 3.63) is 0 Å². The number of likely N-dealkylation sites (tertiary alicyclic amines) is 1. The van der Waals surface area contributed by atoms with Crippen LogP contribution in [0.2, 0.25) is 0 Å². The van der Waals surface area contributed by atoms with E-state index in [0.29, 0.717) is 11.8 Å². The smallest absolute Gasteiger partial charge is 0.222 e. The first-order valence-corrected chi connectivity index (χ1v) is 9.23. The maximum atomic E-state index is 11.9. The van der Waals surface area contributed by atoms with Gasteiger partial charge in [0.1, 0.15) is 0 Å². The molecule has 2 aliphatic rings. The van der Waals surface area contributed by atoms with E-state index < -0.39 is 0 Å². The second-order valence-electron chi connectivity index (χ2n) is 7.24. The molecule has 1 aliphatic carbocycles. The minimum atomic E-state index is -0.0954. The zero-order valence-electron chi connectivity index (χ0n) is 14.3. The minimum Gasteiger partial charge on any atom is -0.383 e. The Morgan fingerprint density at radius 1 is 1.05 bits per heavy atom. The van der Waals surface area contributed by atoms with Crippen LogP contribution in [0.4, 0.5) is 0 Å². The summed E-state index contributed by atoms with van der Waals surface area (Å²) in [5, 5.41) is 0. The van der Waals surface area contributed by atoms with Gasteiger partial charge in [0.15, 0.2) is 0 Å². The van der Waals surface area contributed by atoms with E-state index in [1.807, 2.05) is 0 Å². The van der Waals surface area contributed by atoms with Crippen molar-refractivity contribution in [2.75, 3.05) is 33.4 Å². The molecule has 1 amide bonds.